The minimum atomic E-state index is -0.794. The minimum Gasteiger partial charge on any atom is -0.497 e. The molecule has 22 heavy (non-hydrogen) atoms. The molecular weight excluding hydrogens is 284 g/mol. The molecule has 5 nitrogen and oxygen atoms in total. The highest BCUT2D eigenvalue weighted by molar-refractivity contribution is 5.84. The van der Waals surface area contributed by atoms with E-state index in [1.54, 1.807) is 7.11 Å². The number of carbonyl (C=O) groups is 2. The zero-order valence-corrected chi connectivity index (χ0v) is 13.0. The Kier molecular flexibility index (Phi) is 3.59. The van der Waals surface area contributed by atoms with Crippen molar-refractivity contribution in [3.05, 3.63) is 29.8 Å². The number of hydrogen-bond acceptors (Lipinski definition) is 5. The van der Waals surface area contributed by atoms with E-state index in [1.807, 2.05) is 38.1 Å². The average molecular weight is 304 g/mol. The Balaban J connectivity index is 1.62. The monoisotopic (exact) mass is 304 g/mol. The van der Waals surface area contributed by atoms with Gasteiger partial charge in [0.25, 0.3) is 0 Å². The predicted octanol–water partition coefficient (Wildman–Crippen LogP) is 2.29. The fraction of sp³-hybridized carbons (Fsp3) is 0.529. The SMILES string of the molecule is COc1ccc([C@H]2C[C@@H]2C(=O)O[C@H]2C(=O)OCC2(C)C)cc1. The number of methoxy groups -OCH3 is 1. The van der Waals surface area contributed by atoms with Crippen LogP contribution in [0.15, 0.2) is 24.3 Å². The normalized spacial score (nSPS) is 28.9. The zero-order chi connectivity index (χ0) is 15.9. The van der Waals surface area contributed by atoms with Crippen LogP contribution in [0, 0.1) is 11.3 Å². The number of carbonyl (C=O) groups excluding carboxylic acids is 2. The van der Waals surface area contributed by atoms with Crippen molar-refractivity contribution in [2.45, 2.75) is 32.3 Å². The van der Waals surface area contributed by atoms with E-state index in [0.717, 1.165) is 17.7 Å². The second-order valence-electron chi connectivity index (χ2n) is 6.64. The zero-order valence-electron chi connectivity index (χ0n) is 13.0. The third kappa shape index (κ3) is 2.67. The molecule has 3 rings (SSSR count). The van der Waals surface area contributed by atoms with Crippen molar-refractivity contribution in [1.29, 1.82) is 0 Å². The van der Waals surface area contributed by atoms with Crippen molar-refractivity contribution in [3.8, 4) is 5.75 Å². The van der Waals surface area contributed by atoms with Crippen LogP contribution in [0.5, 0.6) is 5.75 Å². The number of hydrogen-bond donors (Lipinski definition) is 0. The second-order valence-corrected chi connectivity index (χ2v) is 6.64. The molecule has 1 saturated carbocycles. The Morgan fingerprint density at radius 1 is 1.27 bits per heavy atom. The van der Waals surface area contributed by atoms with Gasteiger partial charge in [0, 0.05) is 5.41 Å². The van der Waals surface area contributed by atoms with Crippen molar-refractivity contribution in [2.24, 2.45) is 11.3 Å². The van der Waals surface area contributed by atoms with Gasteiger partial charge in [-0.3, -0.25) is 4.79 Å². The molecule has 0 N–H and O–H groups in total. The van der Waals surface area contributed by atoms with E-state index in [4.69, 9.17) is 14.2 Å². The standard InChI is InChI=1S/C17H20O5/c1-17(2)9-21-16(19)14(17)22-15(18)13-8-12(13)10-4-6-11(20-3)7-5-10/h4-7,12-14H,8-9H2,1-3H3/t12-,13+,14+/m1/s1. The Bertz CT molecular complexity index is 590. The second kappa shape index (κ2) is 5.30. The Hall–Kier alpha value is -2.04. The molecular formula is C17H20O5. The van der Waals surface area contributed by atoms with Gasteiger partial charge in [-0.1, -0.05) is 26.0 Å². The van der Waals surface area contributed by atoms with Crippen LogP contribution in [-0.2, 0) is 19.1 Å². The van der Waals surface area contributed by atoms with Gasteiger partial charge in [-0.15, -0.1) is 0 Å². The lowest BCUT2D eigenvalue weighted by Gasteiger charge is -2.21. The molecule has 0 aromatic heterocycles. The first kappa shape index (κ1) is 14.9. The summed E-state index contributed by atoms with van der Waals surface area (Å²) in [4.78, 5) is 23.9. The van der Waals surface area contributed by atoms with Crippen molar-refractivity contribution < 1.29 is 23.8 Å². The lowest BCUT2D eigenvalue weighted by atomic mass is 9.90. The first-order chi connectivity index (χ1) is 10.4. The van der Waals surface area contributed by atoms with E-state index < -0.39 is 17.5 Å². The van der Waals surface area contributed by atoms with Crippen LogP contribution in [0.4, 0.5) is 0 Å². The Morgan fingerprint density at radius 3 is 2.50 bits per heavy atom. The van der Waals surface area contributed by atoms with Crippen molar-refractivity contribution in [2.75, 3.05) is 13.7 Å². The maximum absolute atomic E-state index is 12.2. The molecule has 1 aliphatic heterocycles. The molecule has 2 aliphatic rings. The smallest absolute Gasteiger partial charge is 0.348 e. The predicted molar refractivity (Wildman–Crippen MR) is 78.5 cm³/mol. The van der Waals surface area contributed by atoms with E-state index in [2.05, 4.69) is 0 Å². The van der Waals surface area contributed by atoms with Crippen molar-refractivity contribution in [3.63, 3.8) is 0 Å². The molecule has 0 unspecified atom stereocenters. The van der Waals surface area contributed by atoms with E-state index in [0.29, 0.717) is 0 Å². The Morgan fingerprint density at radius 2 is 1.95 bits per heavy atom. The molecule has 0 bridgehead atoms. The van der Waals surface area contributed by atoms with Gasteiger partial charge in [-0.05, 0) is 30.0 Å². The summed E-state index contributed by atoms with van der Waals surface area (Å²) in [6, 6.07) is 7.69. The summed E-state index contributed by atoms with van der Waals surface area (Å²) in [5.41, 5.74) is 0.632. The van der Waals surface area contributed by atoms with Gasteiger partial charge in [-0.25, -0.2) is 4.79 Å². The summed E-state index contributed by atoms with van der Waals surface area (Å²) >= 11 is 0. The van der Waals surface area contributed by atoms with Crippen molar-refractivity contribution in [1.82, 2.24) is 0 Å². The molecule has 1 aromatic carbocycles. The van der Waals surface area contributed by atoms with E-state index in [-0.39, 0.29) is 24.4 Å². The molecule has 1 heterocycles. The van der Waals surface area contributed by atoms with Gasteiger partial charge in [0.05, 0.1) is 13.0 Å². The fourth-order valence-corrected chi connectivity index (χ4v) is 2.81. The number of cyclic esters (lactones) is 1. The third-order valence-electron chi connectivity index (χ3n) is 4.38. The number of rotatable bonds is 4. The third-order valence-corrected chi connectivity index (χ3v) is 4.38. The Labute approximate surface area is 129 Å². The van der Waals surface area contributed by atoms with Gasteiger partial charge in [0.1, 0.15) is 12.4 Å². The maximum atomic E-state index is 12.2. The number of benzene rings is 1. The molecule has 5 heteroatoms. The van der Waals surface area contributed by atoms with Crippen LogP contribution in [0.2, 0.25) is 0 Å². The number of esters is 2. The first-order valence-corrected chi connectivity index (χ1v) is 7.43. The molecule has 118 valence electrons. The highest BCUT2D eigenvalue weighted by atomic mass is 16.6. The van der Waals surface area contributed by atoms with Crippen molar-refractivity contribution >= 4 is 11.9 Å². The molecule has 3 atom stereocenters. The summed E-state index contributed by atoms with van der Waals surface area (Å²) in [6.07, 6.45) is -0.0370. The average Bonchev–Trinajstić information content (AvgIpc) is 3.26. The van der Waals surface area contributed by atoms with Crippen LogP contribution >= 0.6 is 0 Å². The van der Waals surface area contributed by atoms with Crippen LogP contribution in [0.25, 0.3) is 0 Å². The van der Waals surface area contributed by atoms with Gasteiger partial charge >= 0.3 is 11.9 Å². The molecule has 1 saturated heterocycles. The van der Waals surface area contributed by atoms with Crippen LogP contribution < -0.4 is 4.74 Å². The van der Waals surface area contributed by atoms with E-state index in [9.17, 15) is 9.59 Å². The quantitative estimate of drug-likeness (QED) is 0.799. The van der Waals surface area contributed by atoms with Crippen LogP contribution in [0.1, 0.15) is 31.7 Å². The molecule has 0 amide bonds. The molecule has 0 spiro atoms. The highest BCUT2D eigenvalue weighted by Gasteiger charge is 2.51. The molecule has 1 aliphatic carbocycles. The summed E-state index contributed by atoms with van der Waals surface area (Å²) < 4.78 is 15.5. The topological polar surface area (TPSA) is 61.8 Å². The van der Waals surface area contributed by atoms with Gasteiger partial charge in [0.2, 0.25) is 6.10 Å². The van der Waals surface area contributed by atoms with Crippen LogP contribution in [0.3, 0.4) is 0 Å². The van der Waals surface area contributed by atoms with Crippen LogP contribution in [-0.4, -0.2) is 31.8 Å². The maximum Gasteiger partial charge on any atom is 0.348 e. The summed E-state index contributed by atoms with van der Waals surface area (Å²) in [5.74, 6) is 0.0354. The fourth-order valence-electron chi connectivity index (χ4n) is 2.81. The lowest BCUT2D eigenvalue weighted by molar-refractivity contribution is -0.164. The summed E-state index contributed by atoms with van der Waals surface area (Å²) in [6.45, 7) is 4.02. The summed E-state index contributed by atoms with van der Waals surface area (Å²) in [5, 5.41) is 0. The highest BCUT2D eigenvalue weighted by Crippen LogP contribution is 2.49. The largest absolute Gasteiger partial charge is 0.497 e. The first-order valence-electron chi connectivity index (χ1n) is 7.43. The molecule has 0 radical (unpaired) electrons. The van der Waals surface area contributed by atoms with E-state index >= 15 is 0 Å². The number of ether oxygens (including phenoxy) is 3. The van der Waals surface area contributed by atoms with E-state index in [1.165, 1.54) is 0 Å². The molecule has 1 aromatic rings. The molecule has 2 fully saturated rings. The summed E-state index contributed by atoms with van der Waals surface area (Å²) in [7, 11) is 1.62. The van der Waals surface area contributed by atoms with Gasteiger partial charge < -0.3 is 14.2 Å². The minimum absolute atomic E-state index is 0.166. The lowest BCUT2D eigenvalue weighted by Crippen LogP contribution is -2.35. The van der Waals surface area contributed by atoms with Gasteiger partial charge in [0.15, 0.2) is 0 Å². The van der Waals surface area contributed by atoms with Gasteiger partial charge in [-0.2, -0.15) is 0 Å².